The first-order chi connectivity index (χ1) is 23.9. The zero-order chi connectivity index (χ0) is 37.8. The number of carbonyl (C=O) groups excluding carboxylic acids is 5. The third-order valence-corrected chi connectivity index (χ3v) is 7.32. The van der Waals surface area contributed by atoms with Gasteiger partial charge in [0.1, 0.15) is 42.5 Å². The zero-order valence-electron chi connectivity index (χ0n) is 30.2. The van der Waals surface area contributed by atoms with E-state index in [9.17, 15) is 24.0 Å². The molecule has 5 amide bonds. The van der Waals surface area contributed by atoms with Crippen LogP contribution in [0.1, 0.15) is 68.2 Å². The molecule has 6 heterocycles. The number of aliphatic hydroxyl groups excluding tert-OH is 1. The number of nitrogens with one attached hydrogen (secondary N) is 3. The monoisotopic (exact) mass is 750 g/mol. The molecule has 20 heteroatoms. The van der Waals surface area contributed by atoms with Gasteiger partial charge in [-0.15, -0.1) is 0 Å². The van der Waals surface area contributed by atoms with Gasteiger partial charge in [-0.25, -0.2) is 25.2 Å². The summed E-state index contributed by atoms with van der Waals surface area (Å²) in [6.07, 6.45) is 1.01. The number of hydrogen-bond donors (Lipinski definition) is 5. The van der Waals surface area contributed by atoms with Crippen molar-refractivity contribution in [3.05, 3.63) is 0 Å². The third-order valence-electron chi connectivity index (χ3n) is 7.32. The lowest BCUT2D eigenvalue weighted by Crippen LogP contribution is -2.46. The molecule has 0 spiro atoms. The second kappa shape index (κ2) is 20.8. The van der Waals surface area contributed by atoms with Crippen molar-refractivity contribution in [1.29, 1.82) is 0 Å². The highest BCUT2D eigenvalue weighted by atomic mass is 16.7. The van der Waals surface area contributed by atoms with Crippen LogP contribution in [-0.4, -0.2) is 152 Å². The Bertz CT molecular complexity index is 1160. The molecule has 6 aliphatic rings. The molecule has 6 fully saturated rings. The molecule has 0 aromatic heterocycles. The molecule has 6 N–H and O–H groups in total. The summed E-state index contributed by atoms with van der Waals surface area (Å²) >= 11 is 0. The smallest absolute Gasteiger partial charge is 0.408 e. The van der Waals surface area contributed by atoms with E-state index in [-0.39, 0.29) is 56.5 Å². The molecule has 52 heavy (non-hydrogen) atoms. The van der Waals surface area contributed by atoms with Gasteiger partial charge in [-0.2, -0.15) is 0 Å². The van der Waals surface area contributed by atoms with Crippen LogP contribution in [0.3, 0.4) is 0 Å². The number of ether oxygens (including phenoxy) is 5. The van der Waals surface area contributed by atoms with Crippen molar-refractivity contribution in [3.63, 3.8) is 0 Å². The topological polar surface area (TPSA) is 248 Å². The minimum atomic E-state index is -0.685. The summed E-state index contributed by atoms with van der Waals surface area (Å²) < 4.78 is 25.2. The summed E-state index contributed by atoms with van der Waals surface area (Å²) in [5.74, 6) is -0.734. The second-order valence-electron chi connectivity index (χ2n) is 14.3. The molecule has 0 radical (unpaired) electrons. The number of aliphatic hydroxyl groups is 1. The molecule has 0 aliphatic carbocycles. The van der Waals surface area contributed by atoms with Crippen LogP contribution >= 0.6 is 0 Å². The standard InChI is InChI=1S/C12H20N2O5.C8H14N2O4.C7H12N2O3.C4H8O2.CH4/c1-12(2,3)19-11(16)13-9-7-18-14(10(9)15)8-4-5-17-6-8;1-8(2,3)14-7(12)9-5-4-13-10-6(5)11;8-6-4-12-9(7(6)10)5-1-2-11-3-5;5-4-1-2-6-3-4;/h8-9H,4-7H2,1-3H3,(H,13,16);5H,4H2,1-3H3,(H,9,12)(H,10,11);5-6H,1-4,8H2;4-5H,1-3H2;1H4/t8?,9-;5-;5?,6-;;/m111../s1. The third kappa shape index (κ3) is 15.3. The fourth-order valence-corrected chi connectivity index (χ4v) is 4.86. The summed E-state index contributed by atoms with van der Waals surface area (Å²) in [5, 5.41) is 16.2. The number of hydroxylamine groups is 5. The van der Waals surface area contributed by atoms with E-state index in [1.165, 1.54) is 10.1 Å². The number of rotatable bonds is 4. The van der Waals surface area contributed by atoms with E-state index in [1.54, 1.807) is 41.5 Å². The van der Waals surface area contributed by atoms with E-state index in [2.05, 4.69) is 21.0 Å². The Balaban J connectivity index is 0.000000253. The Labute approximate surface area is 304 Å². The van der Waals surface area contributed by atoms with Crippen LogP contribution in [0.4, 0.5) is 9.59 Å². The molecule has 6 saturated heterocycles. The zero-order valence-corrected chi connectivity index (χ0v) is 30.2. The van der Waals surface area contributed by atoms with Gasteiger partial charge in [-0.3, -0.25) is 28.9 Å². The van der Waals surface area contributed by atoms with Crippen molar-refractivity contribution >= 4 is 29.9 Å². The summed E-state index contributed by atoms with van der Waals surface area (Å²) in [4.78, 5) is 72.2. The summed E-state index contributed by atoms with van der Waals surface area (Å²) in [6.45, 7) is 14.8. The molecule has 0 aromatic rings. The Kier molecular flexibility index (Phi) is 17.9. The minimum absolute atomic E-state index is 0. The van der Waals surface area contributed by atoms with Crippen LogP contribution in [0.15, 0.2) is 0 Å². The van der Waals surface area contributed by atoms with E-state index in [4.69, 9.17) is 44.2 Å². The highest BCUT2D eigenvalue weighted by Gasteiger charge is 2.41. The normalized spacial score (nSPS) is 28.3. The second-order valence-corrected chi connectivity index (χ2v) is 14.3. The first kappa shape index (κ1) is 44.8. The summed E-state index contributed by atoms with van der Waals surface area (Å²) in [6, 6.07) is -1.81. The average molecular weight is 751 g/mol. The number of alkyl carbamates (subject to hydrolysis) is 2. The lowest BCUT2D eigenvalue weighted by molar-refractivity contribution is -0.174. The average Bonchev–Trinajstić information content (AvgIpc) is 3.87. The van der Waals surface area contributed by atoms with Crippen molar-refractivity contribution in [2.45, 2.75) is 116 Å². The molecule has 6 aliphatic heterocycles. The highest BCUT2D eigenvalue weighted by molar-refractivity contribution is 5.87. The van der Waals surface area contributed by atoms with Crippen molar-refractivity contribution < 1.29 is 67.3 Å². The summed E-state index contributed by atoms with van der Waals surface area (Å²) in [7, 11) is 0. The van der Waals surface area contributed by atoms with E-state index in [1.807, 2.05) is 0 Å². The van der Waals surface area contributed by atoms with Crippen molar-refractivity contribution in [2.75, 3.05) is 59.5 Å². The van der Waals surface area contributed by atoms with E-state index in [0.717, 1.165) is 25.9 Å². The van der Waals surface area contributed by atoms with Gasteiger partial charge < -0.3 is 45.2 Å². The summed E-state index contributed by atoms with van der Waals surface area (Å²) in [5.41, 5.74) is 6.45. The lowest BCUT2D eigenvalue weighted by atomic mass is 10.2. The Morgan fingerprint density at radius 2 is 1.21 bits per heavy atom. The molecule has 0 saturated carbocycles. The van der Waals surface area contributed by atoms with Gasteiger partial charge in [-0.1, -0.05) is 7.43 Å². The van der Waals surface area contributed by atoms with Gasteiger partial charge in [0, 0.05) is 19.8 Å². The number of hydrogen-bond acceptors (Lipinski definition) is 15. The van der Waals surface area contributed by atoms with Crippen molar-refractivity contribution in [1.82, 2.24) is 26.2 Å². The predicted octanol–water partition coefficient (Wildman–Crippen LogP) is -0.336. The molecule has 300 valence electrons. The number of carbonyl (C=O) groups is 5. The van der Waals surface area contributed by atoms with Crippen molar-refractivity contribution in [3.8, 4) is 0 Å². The van der Waals surface area contributed by atoms with Gasteiger partial charge >= 0.3 is 12.2 Å². The molecular weight excluding hydrogens is 692 g/mol. The van der Waals surface area contributed by atoms with Gasteiger partial charge in [0.25, 0.3) is 17.7 Å². The maximum absolute atomic E-state index is 12.1. The van der Waals surface area contributed by atoms with E-state index < -0.39 is 41.5 Å². The fourth-order valence-electron chi connectivity index (χ4n) is 4.86. The maximum Gasteiger partial charge on any atom is 0.408 e. The fraction of sp³-hybridized carbons (Fsp3) is 0.844. The SMILES string of the molecule is C.CC(C)(C)OC(=O)N[C@@H]1CON(C2CCOC2)C1=O.CC(C)(C)OC(=O)N[C@@H]1CONC1=O.N[C@@H]1CON(C2CCOC2)C1=O.OC1CCOC1. The van der Waals surface area contributed by atoms with Gasteiger partial charge in [0.15, 0.2) is 0 Å². The molecule has 0 aromatic carbocycles. The van der Waals surface area contributed by atoms with Gasteiger partial charge in [-0.05, 0) is 60.8 Å². The quantitative estimate of drug-likeness (QED) is 0.247. The Morgan fingerprint density at radius 3 is 1.58 bits per heavy atom. The number of nitrogens with two attached hydrogens (primary N) is 1. The lowest BCUT2D eigenvalue weighted by Gasteiger charge is -2.22. The molecular formula is C32H58N6O14. The van der Waals surface area contributed by atoms with E-state index >= 15 is 0 Å². The maximum atomic E-state index is 12.1. The number of amides is 5. The van der Waals surface area contributed by atoms with Crippen LogP contribution in [0.5, 0.6) is 0 Å². The van der Waals surface area contributed by atoms with Crippen LogP contribution in [-0.2, 0) is 52.6 Å². The molecule has 6 atom stereocenters. The van der Waals surface area contributed by atoms with Crippen LogP contribution in [0, 0.1) is 0 Å². The van der Waals surface area contributed by atoms with Crippen molar-refractivity contribution in [2.24, 2.45) is 5.73 Å². The molecule has 3 unspecified atom stereocenters. The first-order valence-electron chi connectivity index (χ1n) is 16.9. The largest absolute Gasteiger partial charge is 0.444 e. The van der Waals surface area contributed by atoms with Crippen LogP contribution < -0.4 is 21.8 Å². The minimum Gasteiger partial charge on any atom is -0.444 e. The van der Waals surface area contributed by atoms with Crippen LogP contribution in [0.25, 0.3) is 0 Å². The first-order valence-corrected chi connectivity index (χ1v) is 16.9. The Hall–Kier alpha value is -3.37. The van der Waals surface area contributed by atoms with Gasteiger partial charge in [0.2, 0.25) is 0 Å². The van der Waals surface area contributed by atoms with Crippen LogP contribution in [0.2, 0.25) is 0 Å². The molecule has 6 rings (SSSR count). The highest BCUT2D eigenvalue weighted by Crippen LogP contribution is 2.20. The molecule has 20 nitrogen and oxygen atoms in total. The number of nitrogens with zero attached hydrogens (tertiary/aromatic N) is 2. The Morgan fingerprint density at radius 1 is 0.731 bits per heavy atom. The predicted molar refractivity (Wildman–Crippen MR) is 181 cm³/mol. The molecule has 0 bridgehead atoms. The van der Waals surface area contributed by atoms with Gasteiger partial charge in [0.05, 0.1) is 44.6 Å². The van der Waals surface area contributed by atoms with E-state index in [0.29, 0.717) is 39.6 Å².